The molecule has 2 aromatic rings. The number of piperidine rings is 1. The van der Waals surface area contributed by atoms with Crippen LogP contribution >= 0.6 is 0 Å². The Labute approximate surface area is 136 Å². The maximum atomic E-state index is 12.7. The Morgan fingerprint density at radius 2 is 2.13 bits per heavy atom. The van der Waals surface area contributed by atoms with E-state index in [1.54, 1.807) is 6.20 Å². The molecule has 122 valence electrons. The molecule has 0 N–H and O–H groups in total. The van der Waals surface area contributed by atoms with Gasteiger partial charge in [0.1, 0.15) is 11.6 Å². The summed E-state index contributed by atoms with van der Waals surface area (Å²) in [6.07, 6.45) is 7.58. The third-order valence-corrected chi connectivity index (χ3v) is 4.39. The van der Waals surface area contributed by atoms with E-state index in [0.717, 1.165) is 37.6 Å². The number of aryl methyl sites for hydroxylation is 1. The Kier molecular flexibility index (Phi) is 4.32. The summed E-state index contributed by atoms with van der Waals surface area (Å²) < 4.78 is 2.17. The smallest absolute Gasteiger partial charge is 0.255 e. The zero-order chi connectivity index (χ0) is 16.4. The molecule has 0 radical (unpaired) electrons. The van der Waals surface area contributed by atoms with E-state index < -0.39 is 0 Å². The SMILES string of the molecule is Cc1nccn1C1CCCN(C(=O)c2ccc(N(C)C)nc2)C1. The van der Waals surface area contributed by atoms with E-state index in [2.05, 4.69) is 14.5 Å². The van der Waals surface area contributed by atoms with E-state index in [-0.39, 0.29) is 5.91 Å². The van der Waals surface area contributed by atoms with Gasteiger partial charge in [0, 0.05) is 45.8 Å². The minimum atomic E-state index is 0.0604. The van der Waals surface area contributed by atoms with Crippen LogP contribution in [-0.4, -0.2) is 52.5 Å². The summed E-state index contributed by atoms with van der Waals surface area (Å²) in [5.74, 6) is 1.92. The molecule has 3 heterocycles. The van der Waals surface area contributed by atoms with Crippen molar-refractivity contribution in [2.45, 2.75) is 25.8 Å². The first-order chi connectivity index (χ1) is 11.1. The number of hydrogen-bond donors (Lipinski definition) is 0. The van der Waals surface area contributed by atoms with Crippen molar-refractivity contribution in [3.8, 4) is 0 Å². The number of imidazole rings is 1. The van der Waals surface area contributed by atoms with Gasteiger partial charge in [-0.25, -0.2) is 9.97 Å². The van der Waals surface area contributed by atoms with Crippen molar-refractivity contribution in [1.82, 2.24) is 19.4 Å². The van der Waals surface area contributed by atoms with E-state index in [4.69, 9.17) is 0 Å². The van der Waals surface area contributed by atoms with Crippen LogP contribution in [-0.2, 0) is 0 Å². The number of likely N-dealkylation sites (tertiary alicyclic amines) is 1. The predicted octanol–water partition coefficient (Wildman–Crippen LogP) is 2.13. The van der Waals surface area contributed by atoms with Crippen LogP contribution in [0.4, 0.5) is 5.82 Å². The number of amides is 1. The third-order valence-electron chi connectivity index (χ3n) is 4.39. The molecule has 1 atom stereocenters. The molecule has 0 saturated carbocycles. The van der Waals surface area contributed by atoms with Crippen molar-refractivity contribution >= 4 is 11.7 Å². The predicted molar refractivity (Wildman–Crippen MR) is 89.7 cm³/mol. The standard InChI is InChI=1S/C17H23N5O/c1-13-18-8-10-22(13)15-5-4-9-21(12-15)17(23)14-6-7-16(19-11-14)20(2)3/h6-8,10-11,15H,4-5,9,12H2,1-3H3. The number of aromatic nitrogens is 3. The number of rotatable bonds is 3. The van der Waals surface area contributed by atoms with Crippen LogP contribution in [0.25, 0.3) is 0 Å². The first-order valence-corrected chi connectivity index (χ1v) is 7.98. The number of anilines is 1. The van der Waals surface area contributed by atoms with Gasteiger partial charge in [0.25, 0.3) is 5.91 Å². The van der Waals surface area contributed by atoms with Gasteiger partial charge in [0.15, 0.2) is 0 Å². The lowest BCUT2D eigenvalue weighted by Crippen LogP contribution is -2.40. The quantitative estimate of drug-likeness (QED) is 0.871. The lowest BCUT2D eigenvalue weighted by atomic mass is 10.0. The molecule has 1 fully saturated rings. The van der Waals surface area contributed by atoms with Gasteiger partial charge in [-0.15, -0.1) is 0 Å². The minimum absolute atomic E-state index is 0.0604. The van der Waals surface area contributed by atoms with Crippen LogP contribution < -0.4 is 4.90 Å². The van der Waals surface area contributed by atoms with Crippen LogP contribution in [0.2, 0.25) is 0 Å². The lowest BCUT2D eigenvalue weighted by molar-refractivity contribution is 0.0678. The van der Waals surface area contributed by atoms with E-state index in [0.29, 0.717) is 11.6 Å². The number of carbonyl (C=O) groups excluding carboxylic acids is 1. The number of nitrogens with zero attached hydrogens (tertiary/aromatic N) is 5. The summed E-state index contributed by atoms with van der Waals surface area (Å²) in [5, 5.41) is 0. The van der Waals surface area contributed by atoms with Gasteiger partial charge in [-0.1, -0.05) is 0 Å². The van der Waals surface area contributed by atoms with E-state index in [1.165, 1.54) is 0 Å². The first kappa shape index (κ1) is 15.5. The van der Waals surface area contributed by atoms with Gasteiger partial charge >= 0.3 is 0 Å². The maximum absolute atomic E-state index is 12.7. The van der Waals surface area contributed by atoms with Crippen LogP contribution in [0.15, 0.2) is 30.7 Å². The van der Waals surface area contributed by atoms with Crippen LogP contribution in [0.3, 0.4) is 0 Å². The third kappa shape index (κ3) is 3.21. The molecule has 0 aliphatic carbocycles. The highest BCUT2D eigenvalue weighted by Gasteiger charge is 2.26. The molecular formula is C17H23N5O. The van der Waals surface area contributed by atoms with Gasteiger partial charge in [0.2, 0.25) is 0 Å². The summed E-state index contributed by atoms with van der Waals surface area (Å²) in [6, 6.07) is 4.05. The molecule has 3 rings (SSSR count). The molecule has 23 heavy (non-hydrogen) atoms. The van der Waals surface area contributed by atoms with Crippen molar-refractivity contribution in [3.05, 3.63) is 42.1 Å². The van der Waals surface area contributed by atoms with Crippen molar-refractivity contribution < 1.29 is 4.79 Å². The molecule has 0 aromatic carbocycles. The Hall–Kier alpha value is -2.37. The van der Waals surface area contributed by atoms with Gasteiger partial charge in [0.05, 0.1) is 11.6 Å². The second kappa shape index (κ2) is 6.40. The largest absolute Gasteiger partial charge is 0.363 e. The van der Waals surface area contributed by atoms with Crippen molar-refractivity contribution in [2.24, 2.45) is 0 Å². The highest BCUT2D eigenvalue weighted by molar-refractivity contribution is 5.94. The van der Waals surface area contributed by atoms with Gasteiger partial charge in [-0.2, -0.15) is 0 Å². The molecule has 6 nitrogen and oxygen atoms in total. The molecule has 1 amide bonds. The van der Waals surface area contributed by atoms with Gasteiger partial charge < -0.3 is 14.4 Å². The van der Waals surface area contributed by atoms with Gasteiger partial charge in [-0.3, -0.25) is 4.79 Å². The summed E-state index contributed by atoms with van der Waals surface area (Å²) in [5.41, 5.74) is 0.651. The number of carbonyl (C=O) groups is 1. The molecule has 0 bridgehead atoms. The summed E-state index contributed by atoms with van der Waals surface area (Å²) in [4.78, 5) is 25.2. The number of pyridine rings is 1. The van der Waals surface area contributed by atoms with E-state index in [9.17, 15) is 4.79 Å². The molecule has 1 aliphatic heterocycles. The lowest BCUT2D eigenvalue weighted by Gasteiger charge is -2.34. The molecular weight excluding hydrogens is 290 g/mol. The molecule has 1 aliphatic rings. The zero-order valence-corrected chi connectivity index (χ0v) is 13.9. The molecule has 6 heteroatoms. The fourth-order valence-electron chi connectivity index (χ4n) is 3.10. The summed E-state index contributed by atoms with van der Waals surface area (Å²) in [7, 11) is 3.87. The molecule has 1 saturated heterocycles. The summed E-state index contributed by atoms with van der Waals surface area (Å²) in [6.45, 7) is 3.54. The van der Waals surface area contributed by atoms with Crippen molar-refractivity contribution in [3.63, 3.8) is 0 Å². The second-order valence-electron chi connectivity index (χ2n) is 6.23. The second-order valence-corrected chi connectivity index (χ2v) is 6.23. The molecule has 1 unspecified atom stereocenters. The zero-order valence-electron chi connectivity index (χ0n) is 13.9. The maximum Gasteiger partial charge on any atom is 0.255 e. The Bertz CT molecular complexity index is 677. The van der Waals surface area contributed by atoms with Crippen LogP contribution in [0.1, 0.15) is 35.1 Å². The fraction of sp³-hybridized carbons (Fsp3) is 0.471. The summed E-state index contributed by atoms with van der Waals surface area (Å²) >= 11 is 0. The number of hydrogen-bond acceptors (Lipinski definition) is 4. The highest BCUT2D eigenvalue weighted by Crippen LogP contribution is 2.24. The van der Waals surface area contributed by atoms with Crippen molar-refractivity contribution in [1.29, 1.82) is 0 Å². The Morgan fingerprint density at radius 3 is 2.74 bits per heavy atom. The molecule has 0 spiro atoms. The average molecular weight is 313 g/mol. The monoisotopic (exact) mass is 313 g/mol. The minimum Gasteiger partial charge on any atom is -0.363 e. The van der Waals surface area contributed by atoms with E-state index in [1.807, 2.05) is 55.3 Å². The Balaban J connectivity index is 1.73. The average Bonchev–Trinajstić information content (AvgIpc) is 3.00. The van der Waals surface area contributed by atoms with Crippen LogP contribution in [0, 0.1) is 6.92 Å². The van der Waals surface area contributed by atoms with Gasteiger partial charge in [-0.05, 0) is 31.9 Å². The van der Waals surface area contributed by atoms with E-state index >= 15 is 0 Å². The normalized spacial score (nSPS) is 18.0. The highest BCUT2D eigenvalue weighted by atomic mass is 16.2. The first-order valence-electron chi connectivity index (χ1n) is 7.98. The molecule has 2 aromatic heterocycles. The topological polar surface area (TPSA) is 54.3 Å². The fourth-order valence-corrected chi connectivity index (χ4v) is 3.10. The van der Waals surface area contributed by atoms with Crippen LogP contribution in [0.5, 0.6) is 0 Å². The Morgan fingerprint density at radius 1 is 1.30 bits per heavy atom. The van der Waals surface area contributed by atoms with Crippen molar-refractivity contribution in [2.75, 3.05) is 32.1 Å².